The highest BCUT2D eigenvalue weighted by Gasteiger charge is 2.47. The second-order valence-corrected chi connectivity index (χ2v) is 10.1. The minimum absolute atomic E-state index is 0.0110. The van der Waals surface area contributed by atoms with Crippen molar-refractivity contribution >= 4 is 11.0 Å². The smallest absolute Gasteiger partial charge is 0.229 e. The maximum absolute atomic E-state index is 12.5. The topological polar surface area (TPSA) is 249 Å². The van der Waals surface area contributed by atoms with Gasteiger partial charge in [-0.05, 0) is 25.1 Å². The Morgan fingerprint density at radius 2 is 1.45 bits per heavy atom. The zero-order valence-electron chi connectivity index (χ0n) is 21.9. The molecule has 15 heteroatoms. The molecular weight excluding hydrogens is 564 g/mol. The van der Waals surface area contributed by atoms with Crippen LogP contribution in [0.25, 0.3) is 22.3 Å². The average Bonchev–Trinajstić information content (AvgIpc) is 2.94. The number of aliphatic hydroxyl groups excluding tert-OH is 6. The minimum Gasteiger partial charge on any atom is -0.508 e. The van der Waals surface area contributed by atoms with Crippen LogP contribution in [0.3, 0.4) is 0 Å². The highest BCUT2D eigenvalue weighted by atomic mass is 16.7. The zero-order valence-corrected chi connectivity index (χ0v) is 21.9. The van der Waals surface area contributed by atoms with Crippen molar-refractivity contribution < 1.29 is 69.3 Å². The molecule has 228 valence electrons. The fourth-order valence-corrected chi connectivity index (χ4v) is 4.78. The number of phenolic OH excluding ortho intramolecular Hbond substituents is 3. The molecule has 0 saturated carbocycles. The first-order valence-electron chi connectivity index (χ1n) is 12.9. The highest BCUT2D eigenvalue weighted by molar-refractivity contribution is 5.86. The van der Waals surface area contributed by atoms with Crippen LogP contribution >= 0.6 is 0 Å². The standard InChI is InChI=1S/C27H30O15/c1-9-20(32)22(34)24(36)26(39-9)38-8-18-21(33)23(35)25(37)27(42-18)41-15-3-2-10(4-12(15)29)16-7-14(31)19-13(30)5-11(28)6-17(19)40-16/h2-7,9,18,20-30,32-37H,8H2,1H3/t9-,18-,20-,21+,22-,23+,24-,25-,26+,27+/m0/s1. The van der Waals surface area contributed by atoms with Crippen LogP contribution in [-0.4, -0.2) is 114 Å². The van der Waals surface area contributed by atoms with Crippen molar-refractivity contribution in [2.45, 2.75) is 68.3 Å². The van der Waals surface area contributed by atoms with Crippen molar-refractivity contribution in [2.75, 3.05) is 6.61 Å². The predicted octanol–water partition coefficient (Wildman–Crippen LogP) is -1.39. The van der Waals surface area contributed by atoms with Crippen LogP contribution in [0.5, 0.6) is 23.0 Å². The quantitative estimate of drug-likeness (QED) is 0.159. The molecule has 0 radical (unpaired) electrons. The zero-order chi connectivity index (χ0) is 30.5. The van der Waals surface area contributed by atoms with Gasteiger partial charge in [0.05, 0.1) is 12.7 Å². The second kappa shape index (κ2) is 11.6. The van der Waals surface area contributed by atoms with Crippen LogP contribution in [0.1, 0.15) is 6.92 Å². The van der Waals surface area contributed by atoms with E-state index in [9.17, 15) is 50.8 Å². The first-order valence-corrected chi connectivity index (χ1v) is 12.9. The molecule has 42 heavy (non-hydrogen) atoms. The van der Waals surface area contributed by atoms with Crippen molar-refractivity contribution in [3.8, 4) is 34.3 Å². The number of phenols is 3. The van der Waals surface area contributed by atoms with E-state index in [1.165, 1.54) is 25.1 Å². The van der Waals surface area contributed by atoms with Crippen LogP contribution in [0.4, 0.5) is 0 Å². The van der Waals surface area contributed by atoms with Crippen molar-refractivity contribution in [3.63, 3.8) is 0 Å². The number of aromatic hydroxyl groups is 3. The third-order valence-electron chi connectivity index (χ3n) is 7.18. The van der Waals surface area contributed by atoms with Crippen LogP contribution in [-0.2, 0) is 14.2 Å². The Kier molecular flexibility index (Phi) is 8.30. The average molecular weight is 595 g/mol. The van der Waals surface area contributed by atoms with Gasteiger partial charge in [0.2, 0.25) is 6.29 Å². The summed E-state index contributed by atoms with van der Waals surface area (Å²) >= 11 is 0. The van der Waals surface area contributed by atoms with Crippen molar-refractivity contribution in [1.29, 1.82) is 0 Å². The van der Waals surface area contributed by atoms with E-state index in [0.29, 0.717) is 0 Å². The molecule has 2 fully saturated rings. The van der Waals surface area contributed by atoms with Gasteiger partial charge >= 0.3 is 0 Å². The second-order valence-electron chi connectivity index (χ2n) is 10.1. The summed E-state index contributed by atoms with van der Waals surface area (Å²) in [5.74, 6) is -1.52. The maximum Gasteiger partial charge on any atom is 0.229 e. The Morgan fingerprint density at radius 1 is 0.762 bits per heavy atom. The van der Waals surface area contributed by atoms with Crippen LogP contribution < -0.4 is 10.2 Å². The Labute approximate surface area is 236 Å². The number of hydrogen-bond donors (Lipinski definition) is 9. The number of ether oxygens (including phenoxy) is 4. The Bertz CT molecular complexity index is 1490. The number of rotatable bonds is 6. The molecule has 2 aromatic carbocycles. The van der Waals surface area contributed by atoms with Gasteiger partial charge in [-0.25, -0.2) is 0 Å². The largest absolute Gasteiger partial charge is 0.508 e. The van der Waals surface area contributed by atoms with Gasteiger partial charge in [0.15, 0.2) is 23.2 Å². The molecule has 5 rings (SSSR count). The lowest BCUT2D eigenvalue weighted by molar-refractivity contribution is -0.318. The molecule has 0 amide bonds. The molecule has 1 aromatic heterocycles. The van der Waals surface area contributed by atoms with E-state index < -0.39 is 84.9 Å². The molecule has 2 saturated heterocycles. The summed E-state index contributed by atoms with van der Waals surface area (Å²) in [7, 11) is 0. The van der Waals surface area contributed by atoms with Gasteiger partial charge in [0, 0.05) is 23.8 Å². The van der Waals surface area contributed by atoms with Gasteiger partial charge in [-0.3, -0.25) is 4.79 Å². The summed E-state index contributed by atoms with van der Waals surface area (Å²) in [4.78, 5) is 12.5. The Balaban J connectivity index is 1.31. The molecule has 0 aliphatic carbocycles. The lowest BCUT2D eigenvalue weighted by Crippen LogP contribution is -2.61. The van der Waals surface area contributed by atoms with E-state index in [0.717, 1.165) is 18.2 Å². The van der Waals surface area contributed by atoms with Crippen molar-refractivity contribution in [3.05, 3.63) is 46.6 Å². The van der Waals surface area contributed by atoms with E-state index in [4.69, 9.17) is 23.4 Å². The number of hydrogen-bond acceptors (Lipinski definition) is 15. The summed E-state index contributed by atoms with van der Waals surface area (Å²) in [6.45, 7) is 0.951. The lowest BCUT2D eigenvalue weighted by Gasteiger charge is -2.42. The van der Waals surface area contributed by atoms with Gasteiger partial charge in [-0.1, -0.05) is 0 Å². The van der Waals surface area contributed by atoms with Gasteiger partial charge < -0.3 is 69.3 Å². The number of fused-ring (bicyclic) bond motifs is 1. The van der Waals surface area contributed by atoms with Gasteiger partial charge in [0.25, 0.3) is 0 Å². The fraction of sp³-hybridized carbons (Fsp3) is 0.444. The first-order chi connectivity index (χ1) is 19.8. The molecule has 9 N–H and O–H groups in total. The fourth-order valence-electron chi connectivity index (χ4n) is 4.78. The van der Waals surface area contributed by atoms with Crippen LogP contribution in [0, 0.1) is 0 Å². The van der Waals surface area contributed by atoms with Crippen molar-refractivity contribution in [1.82, 2.24) is 0 Å². The van der Waals surface area contributed by atoms with Gasteiger partial charge in [-0.2, -0.15) is 0 Å². The van der Waals surface area contributed by atoms with E-state index in [2.05, 4.69) is 0 Å². The van der Waals surface area contributed by atoms with E-state index in [-0.39, 0.29) is 33.8 Å². The summed E-state index contributed by atoms with van der Waals surface area (Å²) in [6.07, 6.45) is -15.0. The monoisotopic (exact) mass is 594 g/mol. The molecule has 3 aromatic rings. The van der Waals surface area contributed by atoms with Gasteiger partial charge in [0.1, 0.15) is 71.0 Å². The minimum atomic E-state index is -1.78. The lowest BCUT2D eigenvalue weighted by atomic mass is 9.98. The number of benzene rings is 2. The molecule has 0 spiro atoms. The third-order valence-corrected chi connectivity index (χ3v) is 7.18. The molecular formula is C27H30O15. The summed E-state index contributed by atoms with van der Waals surface area (Å²) in [5, 5.41) is 91.3. The number of aliphatic hydroxyl groups is 6. The molecule has 0 bridgehead atoms. The third kappa shape index (κ3) is 5.61. The highest BCUT2D eigenvalue weighted by Crippen LogP contribution is 2.36. The molecule has 3 heterocycles. The maximum atomic E-state index is 12.5. The van der Waals surface area contributed by atoms with E-state index in [1.807, 2.05) is 0 Å². The van der Waals surface area contributed by atoms with E-state index >= 15 is 0 Å². The van der Waals surface area contributed by atoms with Crippen LogP contribution in [0.2, 0.25) is 0 Å². The van der Waals surface area contributed by atoms with Gasteiger partial charge in [-0.15, -0.1) is 0 Å². The Hall–Kier alpha value is -3.51. The van der Waals surface area contributed by atoms with Crippen LogP contribution in [0.15, 0.2) is 45.6 Å². The first kappa shape index (κ1) is 30.0. The molecule has 2 aliphatic heterocycles. The molecule has 10 atom stereocenters. The molecule has 2 aliphatic rings. The molecule has 15 nitrogen and oxygen atoms in total. The summed E-state index contributed by atoms with van der Waals surface area (Å²) < 4.78 is 27.5. The molecule has 0 unspecified atom stereocenters. The SMILES string of the molecule is C[C@@H]1O[C@@H](OC[C@@H]2O[C@@H](Oc3ccc(-c4cc(=O)c5c(O)cc(O)cc5o4)cc3O)[C@@H](O)[C@H](O)[C@@H]2O)[C@@H](O)[C@@H](O)[C@H]1O. The summed E-state index contributed by atoms with van der Waals surface area (Å²) in [6, 6.07) is 7.05. The van der Waals surface area contributed by atoms with E-state index in [1.54, 1.807) is 0 Å². The predicted molar refractivity (Wildman–Crippen MR) is 139 cm³/mol. The normalized spacial score (nSPS) is 33.5. The summed E-state index contributed by atoms with van der Waals surface area (Å²) in [5.41, 5.74) is -0.490. The van der Waals surface area contributed by atoms with Crippen molar-refractivity contribution in [2.24, 2.45) is 0 Å². The Morgan fingerprint density at radius 3 is 2.17 bits per heavy atom.